The van der Waals surface area contributed by atoms with Crippen LogP contribution in [0.3, 0.4) is 0 Å². The van der Waals surface area contributed by atoms with Crippen LogP contribution in [0.4, 0.5) is 4.79 Å². The van der Waals surface area contributed by atoms with Crippen LogP contribution in [0.25, 0.3) is 11.3 Å². The van der Waals surface area contributed by atoms with Gasteiger partial charge in [-0.05, 0) is 86.0 Å². The second-order valence-corrected chi connectivity index (χ2v) is 17.8. The van der Waals surface area contributed by atoms with Crippen LogP contribution in [0.1, 0.15) is 87.5 Å². The van der Waals surface area contributed by atoms with Crippen LogP contribution in [0.15, 0.2) is 30.9 Å². The van der Waals surface area contributed by atoms with E-state index in [9.17, 15) is 24.3 Å². The maximum Gasteiger partial charge on any atom is 0.410 e. The van der Waals surface area contributed by atoms with E-state index >= 15 is 0 Å². The summed E-state index contributed by atoms with van der Waals surface area (Å²) in [6.07, 6.45) is 2.49. The number of Topliss-reactive ketones (excluding diaryl/α,β-unsaturated/α-hetero) is 2. The predicted octanol–water partition coefficient (Wildman–Crippen LogP) is 5.58. The lowest BCUT2D eigenvalue weighted by Crippen LogP contribution is -2.60. The van der Waals surface area contributed by atoms with Crippen LogP contribution in [-0.4, -0.2) is 135 Å². The van der Waals surface area contributed by atoms with Gasteiger partial charge in [0.05, 0.1) is 35.9 Å². The molecular formula is C43H64ClN5O10. The zero-order valence-corrected chi connectivity index (χ0v) is 37.2. The minimum Gasteiger partial charge on any atom is -0.458 e. The van der Waals surface area contributed by atoms with Crippen molar-refractivity contribution in [2.75, 3.05) is 27.7 Å². The zero-order chi connectivity index (χ0) is 43.6. The molecule has 0 saturated carbocycles. The highest BCUT2D eigenvalue weighted by molar-refractivity contribution is 6.29. The van der Waals surface area contributed by atoms with Gasteiger partial charge in [-0.1, -0.05) is 39.3 Å². The van der Waals surface area contributed by atoms with E-state index in [2.05, 4.69) is 9.97 Å². The molecule has 0 radical (unpaired) electrons. The SMILES string of the molecule is CC[C@H]1OC(=O)[C@H](C)C(=O)[C@H](C)C(OC2O[C@H](C)C[C@H](N(C)C)[C@H]2O)[C@@](C)(OC)C[C@@H](C)C(=O)[C@H](C)[C@H]2N(CCCCn3cnc(-c4ccc(Cl)nc4)c3)C(=O)O[C@]12C. The van der Waals surface area contributed by atoms with Crippen molar-refractivity contribution < 1.29 is 48.0 Å². The molecule has 3 fully saturated rings. The maximum absolute atomic E-state index is 14.7. The van der Waals surface area contributed by atoms with Crippen molar-refractivity contribution >= 4 is 35.2 Å². The number of aryl methyl sites for hydroxylation is 1. The first-order chi connectivity index (χ1) is 27.8. The summed E-state index contributed by atoms with van der Waals surface area (Å²) in [5.74, 6) is -5.00. The third kappa shape index (κ3) is 9.86. The molecule has 0 aliphatic carbocycles. The molecule has 0 aromatic carbocycles. The van der Waals surface area contributed by atoms with Gasteiger partial charge in [0.1, 0.15) is 29.1 Å². The standard InChI is InChI=1S/C43H64ClN5O10/c1-12-32-43(8)37(49(41(54)59-43)18-14-13-17-48-22-30(46-23-48)29-15-16-33(44)45-21-29)26(4)34(50)24(2)20-42(7,55-11)38(27(5)35(51)28(6)39(53)57-32)58-40-36(52)31(47(9)10)19-25(3)56-40/h15-16,21-28,31-32,36-38,40,52H,12-14,17-20H2,1-11H3/t24-,25-,26+,27+,28-,31+,32-,36-,37-,38?,40?,42+,43-/m1/s1. The summed E-state index contributed by atoms with van der Waals surface area (Å²) < 4.78 is 33.2. The number of fused-ring (bicyclic) bond motifs is 1. The number of pyridine rings is 1. The number of ketones is 2. The van der Waals surface area contributed by atoms with Crippen LogP contribution >= 0.6 is 11.6 Å². The molecule has 0 bridgehead atoms. The third-order valence-electron chi connectivity index (χ3n) is 12.9. The number of aliphatic hydroxyl groups is 1. The van der Waals surface area contributed by atoms with Gasteiger partial charge in [0.25, 0.3) is 0 Å². The first-order valence-electron chi connectivity index (χ1n) is 20.9. The number of unbranched alkanes of at least 4 members (excludes halogenated alkanes) is 1. The molecule has 16 heteroatoms. The Bertz CT molecular complexity index is 1790. The number of aromatic nitrogens is 3. The lowest BCUT2D eigenvalue weighted by molar-refractivity contribution is -0.295. The quantitative estimate of drug-likeness (QED) is 0.129. The van der Waals surface area contributed by atoms with Gasteiger partial charge in [-0.25, -0.2) is 14.8 Å². The average molecular weight is 846 g/mol. The number of ether oxygens (including phenoxy) is 5. The van der Waals surface area contributed by atoms with Gasteiger partial charge in [0, 0.05) is 62.0 Å². The number of carbonyl (C=O) groups excluding carboxylic acids is 4. The predicted molar refractivity (Wildman–Crippen MR) is 219 cm³/mol. The Kier molecular flexibility index (Phi) is 15.1. The molecule has 3 saturated heterocycles. The molecule has 2 aromatic rings. The van der Waals surface area contributed by atoms with Gasteiger partial charge in [-0.2, -0.15) is 0 Å². The average Bonchev–Trinajstić information content (AvgIpc) is 3.77. The van der Waals surface area contributed by atoms with Crippen LogP contribution in [0.2, 0.25) is 5.15 Å². The monoisotopic (exact) mass is 845 g/mol. The Labute approximate surface area is 353 Å². The summed E-state index contributed by atoms with van der Waals surface area (Å²) >= 11 is 5.95. The number of carbonyl (C=O) groups is 4. The first-order valence-corrected chi connectivity index (χ1v) is 21.3. The summed E-state index contributed by atoms with van der Waals surface area (Å²) in [4.78, 5) is 69.0. The second kappa shape index (κ2) is 19.1. The van der Waals surface area contributed by atoms with E-state index < -0.39 is 83.4 Å². The largest absolute Gasteiger partial charge is 0.458 e. The second-order valence-electron chi connectivity index (χ2n) is 17.5. The Balaban J connectivity index is 1.43. The normalized spacial score (nSPS) is 36.3. The Morgan fingerprint density at radius 3 is 2.32 bits per heavy atom. The number of aliphatic hydroxyl groups excluding tert-OH is 1. The summed E-state index contributed by atoms with van der Waals surface area (Å²) in [6.45, 7) is 14.9. The van der Waals surface area contributed by atoms with Gasteiger partial charge in [-0.15, -0.1) is 0 Å². The summed E-state index contributed by atoms with van der Waals surface area (Å²) in [6, 6.07) is 2.48. The van der Waals surface area contributed by atoms with Gasteiger partial charge >= 0.3 is 12.1 Å². The van der Waals surface area contributed by atoms with Gasteiger partial charge in [-0.3, -0.25) is 14.4 Å². The van der Waals surface area contributed by atoms with Crippen LogP contribution < -0.4 is 0 Å². The van der Waals surface area contributed by atoms with Gasteiger partial charge in [0.2, 0.25) is 0 Å². The number of nitrogens with zero attached hydrogens (tertiary/aromatic N) is 5. The highest BCUT2D eigenvalue weighted by Crippen LogP contribution is 2.43. The smallest absolute Gasteiger partial charge is 0.410 e. The minimum atomic E-state index is -1.41. The van der Waals surface area contributed by atoms with Crippen molar-refractivity contribution in [2.45, 2.75) is 148 Å². The fourth-order valence-corrected chi connectivity index (χ4v) is 9.56. The lowest BCUT2D eigenvalue weighted by atomic mass is 9.73. The van der Waals surface area contributed by atoms with Crippen LogP contribution in [0, 0.1) is 23.7 Å². The Morgan fingerprint density at radius 2 is 1.69 bits per heavy atom. The van der Waals surface area contributed by atoms with Crippen molar-refractivity contribution in [1.29, 1.82) is 0 Å². The van der Waals surface area contributed by atoms with E-state index in [1.54, 1.807) is 58.1 Å². The van der Waals surface area contributed by atoms with Gasteiger partial charge in [0.15, 0.2) is 17.7 Å². The molecule has 3 aliphatic rings. The van der Waals surface area contributed by atoms with Crippen molar-refractivity contribution in [3.8, 4) is 11.3 Å². The molecule has 5 rings (SSSR count). The minimum absolute atomic E-state index is 0.123. The number of rotatable bonds is 11. The van der Waals surface area contributed by atoms with Crippen molar-refractivity contribution in [1.82, 2.24) is 24.3 Å². The van der Waals surface area contributed by atoms with E-state index in [0.29, 0.717) is 31.0 Å². The molecule has 1 N–H and O–H groups in total. The molecule has 15 nitrogen and oxygen atoms in total. The van der Waals surface area contributed by atoms with E-state index in [-0.39, 0.29) is 37.3 Å². The molecule has 59 heavy (non-hydrogen) atoms. The molecule has 5 heterocycles. The molecule has 1 amide bonds. The number of esters is 1. The van der Waals surface area contributed by atoms with E-state index in [1.807, 2.05) is 49.7 Å². The lowest BCUT2D eigenvalue weighted by Gasteiger charge is -2.47. The Morgan fingerprint density at radius 1 is 1.00 bits per heavy atom. The highest BCUT2D eigenvalue weighted by atomic mass is 35.5. The maximum atomic E-state index is 14.7. The number of methoxy groups -OCH3 is 1. The van der Waals surface area contributed by atoms with Crippen molar-refractivity contribution in [3.63, 3.8) is 0 Å². The number of halogens is 1. The first kappa shape index (κ1) is 46.6. The molecule has 3 aliphatic heterocycles. The van der Waals surface area contributed by atoms with E-state index in [1.165, 1.54) is 14.0 Å². The fourth-order valence-electron chi connectivity index (χ4n) is 9.44. The molecule has 2 aromatic heterocycles. The number of likely N-dealkylation sites (N-methyl/N-ethyl adjacent to an activating group) is 1. The number of hydrogen-bond acceptors (Lipinski definition) is 13. The molecule has 328 valence electrons. The van der Waals surface area contributed by atoms with Crippen LogP contribution in [0.5, 0.6) is 0 Å². The molecule has 2 unspecified atom stereocenters. The van der Waals surface area contributed by atoms with E-state index in [0.717, 1.165) is 11.3 Å². The fraction of sp³-hybridized carbons (Fsp3) is 0.721. The summed E-state index contributed by atoms with van der Waals surface area (Å²) in [7, 11) is 5.23. The number of hydrogen-bond donors (Lipinski definition) is 1. The van der Waals surface area contributed by atoms with Crippen molar-refractivity contribution in [2.24, 2.45) is 23.7 Å². The highest BCUT2D eigenvalue weighted by Gasteiger charge is 2.60. The molecule has 13 atom stereocenters. The summed E-state index contributed by atoms with van der Waals surface area (Å²) in [5.41, 5.74) is -1.09. The molecule has 0 spiro atoms. The van der Waals surface area contributed by atoms with Crippen molar-refractivity contribution in [3.05, 3.63) is 36.0 Å². The zero-order valence-electron chi connectivity index (χ0n) is 36.4. The van der Waals surface area contributed by atoms with Gasteiger partial charge < -0.3 is 43.2 Å². The topological polar surface area (TPSA) is 172 Å². The third-order valence-corrected chi connectivity index (χ3v) is 13.1. The number of amides is 1. The number of imidazole rings is 1. The Hall–Kier alpha value is -3.47. The molecular weight excluding hydrogens is 782 g/mol. The van der Waals surface area contributed by atoms with Crippen LogP contribution in [-0.2, 0) is 44.6 Å². The number of cyclic esters (lactones) is 1. The van der Waals surface area contributed by atoms with E-state index in [4.69, 9.17) is 35.3 Å². The summed E-state index contributed by atoms with van der Waals surface area (Å²) in [5, 5.41) is 11.8.